The number of alkyl halides is 3. The van der Waals surface area contributed by atoms with Crippen molar-refractivity contribution in [2.24, 2.45) is 0 Å². The van der Waals surface area contributed by atoms with Crippen LogP contribution in [0.1, 0.15) is 54.2 Å². The SMILES string of the molecule is CCc1nc(NC2CCN(Cc3ccc4c(cc(C#N)n4C[C@H](C)N4CCN(S(C)(=O)=O)CC4)c3C)CC2)c2cc(CC(F)(F)F)sc2n1. The highest BCUT2D eigenvalue weighted by molar-refractivity contribution is 7.88. The van der Waals surface area contributed by atoms with Gasteiger partial charge in [-0.25, -0.2) is 18.4 Å². The first kappa shape index (κ1) is 35.5. The number of nitrogens with zero attached hydrogens (tertiary/aromatic N) is 7. The van der Waals surface area contributed by atoms with Crippen molar-refractivity contribution in [2.45, 2.75) is 77.8 Å². The van der Waals surface area contributed by atoms with Crippen LogP contribution in [-0.4, -0.2) is 101 Å². The van der Waals surface area contributed by atoms with E-state index in [9.17, 15) is 26.9 Å². The average molecular weight is 717 g/mol. The topological polar surface area (TPSA) is 110 Å². The van der Waals surface area contributed by atoms with Gasteiger partial charge < -0.3 is 9.88 Å². The Morgan fingerprint density at radius 3 is 2.43 bits per heavy atom. The number of hydrogen-bond acceptors (Lipinski definition) is 9. The smallest absolute Gasteiger partial charge is 0.367 e. The Kier molecular flexibility index (Phi) is 10.3. The van der Waals surface area contributed by atoms with Crippen molar-refractivity contribution in [3.05, 3.63) is 51.8 Å². The van der Waals surface area contributed by atoms with E-state index in [1.807, 2.05) is 13.0 Å². The van der Waals surface area contributed by atoms with E-state index in [-0.39, 0.29) is 17.0 Å². The molecule has 0 amide bonds. The molecule has 15 heteroatoms. The highest BCUT2D eigenvalue weighted by Gasteiger charge is 2.30. The van der Waals surface area contributed by atoms with Gasteiger partial charge in [0.05, 0.1) is 18.1 Å². The van der Waals surface area contributed by atoms with E-state index in [0.717, 1.165) is 60.3 Å². The summed E-state index contributed by atoms with van der Waals surface area (Å²) < 4.78 is 66.7. The summed E-state index contributed by atoms with van der Waals surface area (Å²) in [5.41, 5.74) is 4.01. The first-order valence-electron chi connectivity index (χ1n) is 16.8. The molecule has 2 fully saturated rings. The highest BCUT2D eigenvalue weighted by atomic mass is 32.2. The number of piperazine rings is 1. The molecule has 0 unspecified atom stereocenters. The number of benzene rings is 1. The van der Waals surface area contributed by atoms with Gasteiger partial charge in [-0.05, 0) is 56.0 Å². The summed E-state index contributed by atoms with van der Waals surface area (Å²) in [7, 11) is -3.20. The number of anilines is 1. The third kappa shape index (κ3) is 8.04. The fourth-order valence-electron chi connectivity index (χ4n) is 7.08. The van der Waals surface area contributed by atoms with Crippen LogP contribution >= 0.6 is 11.3 Å². The van der Waals surface area contributed by atoms with Gasteiger partial charge in [-0.15, -0.1) is 11.3 Å². The number of aromatic nitrogens is 3. The molecule has 3 aromatic heterocycles. The monoisotopic (exact) mass is 716 g/mol. The van der Waals surface area contributed by atoms with Gasteiger partial charge in [0.15, 0.2) is 0 Å². The van der Waals surface area contributed by atoms with Gasteiger partial charge in [-0.1, -0.05) is 13.0 Å². The van der Waals surface area contributed by atoms with Crippen molar-refractivity contribution in [3.63, 3.8) is 0 Å². The molecule has 6 rings (SSSR count). The lowest BCUT2D eigenvalue weighted by Crippen LogP contribution is -2.51. The molecule has 1 atom stereocenters. The number of thiophene rings is 1. The molecular formula is C34H43F3N8O2S2. The van der Waals surface area contributed by atoms with Crippen molar-refractivity contribution in [1.29, 1.82) is 5.26 Å². The van der Waals surface area contributed by atoms with E-state index >= 15 is 0 Å². The van der Waals surface area contributed by atoms with Crippen molar-refractivity contribution in [3.8, 4) is 6.07 Å². The maximum atomic E-state index is 13.1. The lowest BCUT2D eigenvalue weighted by Gasteiger charge is -2.37. The van der Waals surface area contributed by atoms with Crippen LogP contribution in [0.5, 0.6) is 0 Å². The molecule has 0 aliphatic carbocycles. The van der Waals surface area contributed by atoms with Gasteiger partial charge in [0.1, 0.15) is 28.2 Å². The molecule has 4 aromatic rings. The Bertz CT molecular complexity index is 1970. The minimum absolute atomic E-state index is 0.132. The van der Waals surface area contributed by atoms with E-state index in [1.54, 1.807) is 6.07 Å². The molecule has 49 heavy (non-hydrogen) atoms. The molecule has 2 aliphatic heterocycles. The van der Waals surface area contributed by atoms with Crippen molar-refractivity contribution in [1.82, 2.24) is 28.6 Å². The molecule has 0 bridgehead atoms. The second kappa shape index (κ2) is 14.1. The van der Waals surface area contributed by atoms with E-state index in [2.05, 4.69) is 61.7 Å². The maximum absolute atomic E-state index is 13.1. The quantitative estimate of drug-likeness (QED) is 0.228. The zero-order valence-electron chi connectivity index (χ0n) is 28.3. The molecule has 5 heterocycles. The summed E-state index contributed by atoms with van der Waals surface area (Å²) in [5, 5.41) is 15.3. The number of rotatable bonds is 10. The molecule has 10 nitrogen and oxygen atoms in total. The number of aryl methyl sites for hydroxylation is 2. The summed E-state index contributed by atoms with van der Waals surface area (Å²) >= 11 is 1.09. The summed E-state index contributed by atoms with van der Waals surface area (Å²) in [4.78, 5) is 14.7. The maximum Gasteiger partial charge on any atom is 0.393 e. The Labute approximate surface area is 289 Å². The number of sulfonamides is 1. The van der Waals surface area contributed by atoms with Crippen molar-refractivity contribution >= 4 is 48.3 Å². The fraction of sp³-hybridized carbons (Fsp3) is 0.559. The predicted molar refractivity (Wildman–Crippen MR) is 187 cm³/mol. The number of likely N-dealkylation sites (tertiary alicyclic amines) is 1. The number of piperidine rings is 1. The van der Waals surface area contributed by atoms with Gasteiger partial charge in [-0.2, -0.15) is 22.7 Å². The lowest BCUT2D eigenvalue weighted by molar-refractivity contribution is -0.126. The highest BCUT2D eigenvalue weighted by Crippen LogP contribution is 2.34. The second-order valence-electron chi connectivity index (χ2n) is 13.3. The zero-order chi connectivity index (χ0) is 35.1. The van der Waals surface area contributed by atoms with E-state index < -0.39 is 22.6 Å². The number of halogens is 3. The first-order chi connectivity index (χ1) is 23.2. The molecule has 1 N–H and O–H groups in total. The third-order valence-electron chi connectivity index (χ3n) is 9.90. The molecule has 2 aliphatic rings. The van der Waals surface area contributed by atoms with Gasteiger partial charge >= 0.3 is 6.18 Å². The summed E-state index contributed by atoms with van der Waals surface area (Å²) in [6.07, 6.45) is -1.64. The molecular weight excluding hydrogens is 674 g/mol. The lowest BCUT2D eigenvalue weighted by atomic mass is 10.0. The van der Waals surface area contributed by atoms with Crippen LogP contribution in [0.4, 0.5) is 19.0 Å². The summed E-state index contributed by atoms with van der Waals surface area (Å²) in [6.45, 7) is 11.6. The van der Waals surface area contributed by atoms with Crippen LogP contribution < -0.4 is 5.32 Å². The predicted octanol–water partition coefficient (Wildman–Crippen LogP) is 5.54. The summed E-state index contributed by atoms with van der Waals surface area (Å²) in [5.74, 6) is 1.24. The van der Waals surface area contributed by atoms with Crippen LogP contribution in [0.25, 0.3) is 21.1 Å². The van der Waals surface area contributed by atoms with Gasteiger partial charge in [0.2, 0.25) is 10.0 Å². The van der Waals surface area contributed by atoms with Gasteiger partial charge in [-0.3, -0.25) is 9.80 Å². The van der Waals surface area contributed by atoms with Gasteiger partial charge in [0.25, 0.3) is 0 Å². The Morgan fingerprint density at radius 1 is 1.08 bits per heavy atom. The minimum Gasteiger partial charge on any atom is -0.367 e. The van der Waals surface area contributed by atoms with Crippen LogP contribution in [0.15, 0.2) is 24.3 Å². The molecule has 1 aromatic carbocycles. The minimum atomic E-state index is -4.27. The molecule has 0 spiro atoms. The standard InChI is InChI=1S/C34H43F3N8O2S2/c1-5-31-40-32(29-17-27(18-34(35,36)37)48-33(29)41-31)39-25-8-10-42(11-9-25)21-24-6-7-30-28(23(24)3)16-26(19-38)45(30)20-22(2)43-12-14-44(15-13-43)49(4,46)47/h6-7,16-17,22,25H,5,8-15,18,20-21H2,1-4H3,(H,39,40,41)/t22-/m0/s1. The Balaban J connectivity index is 1.10. The van der Waals surface area contributed by atoms with Crippen molar-refractivity contribution < 1.29 is 21.6 Å². The van der Waals surface area contributed by atoms with E-state index in [1.165, 1.54) is 16.1 Å². The largest absolute Gasteiger partial charge is 0.393 e. The van der Waals surface area contributed by atoms with E-state index in [4.69, 9.17) is 0 Å². The molecule has 2 saturated heterocycles. The van der Waals surface area contributed by atoms with Crippen LogP contribution in [-0.2, 0) is 36.0 Å². The Hall–Kier alpha value is -3.29. The molecule has 0 saturated carbocycles. The normalized spacial score (nSPS) is 18.3. The third-order valence-corrected chi connectivity index (χ3v) is 12.2. The number of nitrogens with one attached hydrogen (secondary N) is 1. The molecule has 0 radical (unpaired) electrons. The van der Waals surface area contributed by atoms with Crippen molar-refractivity contribution in [2.75, 3.05) is 50.8 Å². The number of nitriles is 1. The first-order valence-corrected chi connectivity index (χ1v) is 19.4. The van der Waals surface area contributed by atoms with Crippen LogP contribution in [0.3, 0.4) is 0 Å². The van der Waals surface area contributed by atoms with Crippen LogP contribution in [0, 0.1) is 18.3 Å². The second-order valence-corrected chi connectivity index (χ2v) is 16.4. The summed E-state index contributed by atoms with van der Waals surface area (Å²) in [6, 6.07) is 10.5. The molecule has 264 valence electrons. The van der Waals surface area contributed by atoms with E-state index in [0.29, 0.717) is 66.7 Å². The number of hydrogen-bond donors (Lipinski definition) is 1. The average Bonchev–Trinajstić information content (AvgIpc) is 3.62. The Morgan fingerprint density at radius 2 is 1.80 bits per heavy atom. The fourth-order valence-corrected chi connectivity index (χ4v) is 8.98. The van der Waals surface area contributed by atoms with Gasteiger partial charge in [0, 0.05) is 86.6 Å². The zero-order valence-corrected chi connectivity index (χ0v) is 30.0. The van der Waals surface area contributed by atoms with Crippen LogP contribution in [0.2, 0.25) is 0 Å². The number of fused-ring (bicyclic) bond motifs is 2.